The van der Waals surface area contributed by atoms with Gasteiger partial charge in [0.15, 0.2) is 5.58 Å². The van der Waals surface area contributed by atoms with E-state index in [1.54, 1.807) is 6.20 Å². The Hall–Kier alpha value is -2.91. The molecule has 0 radical (unpaired) electrons. The van der Waals surface area contributed by atoms with Gasteiger partial charge in [-0.15, -0.1) is 0 Å². The second-order valence-corrected chi connectivity index (χ2v) is 7.24. The fourth-order valence-electron chi connectivity index (χ4n) is 3.31. The smallest absolute Gasteiger partial charge is 0.319 e. The summed E-state index contributed by atoms with van der Waals surface area (Å²) in [6, 6.07) is 6.08. The molecule has 1 aliphatic heterocycles. The van der Waals surface area contributed by atoms with Crippen LogP contribution in [0, 0.1) is 0 Å². The molecule has 0 unspecified atom stereocenters. The number of aromatic amines is 1. The molecule has 146 valence electrons. The van der Waals surface area contributed by atoms with E-state index in [-0.39, 0.29) is 12.1 Å². The van der Waals surface area contributed by atoms with Crippen molar-refractivity contribution in [2.75, 3.05) is 31.6 Å². The third kappa shape index (κ3) is 3.71. The summed E-state index contributed by atoms with van der Waals surface area (Å²) in [4.78, 5) is 19.0. The summed E-state index contributed by atoms with van der Waals surface area (Å²) in [5.74, 6) is 0.401. The number of ether oxygens (including phenoxy) is 1. The van der Waals surface area contributed by atoms with E-state index in [4.69, 9.17) is 9.15 Å². The molecule has 3 heterocycles. The number of aromatic nitrogens is 3. The fraction of sp³-hybridized carbons (Fsp3) is 0.421. The molecule has 0 bridgehead atoms. The molecule has 1 aromatic carbocycles. The molecule has 3 aromatic rings. The van der Waals surface area contributed by atoms with Gasteiger partial charge in [-0.2, -0.15) is 5.10 Å². The summed E-state index contributed by atoms with van der Waals surface area (Å²) in [6.45, 7) is 4.29. The Morgan fingerprint density at radius 3 is 2.96 bits per heavy atom. The first-order valence-electron chi connectivity index (χ1n) is 9.55. The van der Waals surface area contributed by atoms with Crippen molar-refractivity contribution >= 4 is 22.8 Å². The van der Waals surface area contributed by atoms with E-state index >= 15 is 0 Å². The average molecular weight is 382 g/mol. The summed E-state index contributed by atoms with van der Waals surface area (Å²) in [6.07, 6.45) is 3.62. The Morgan fingerprint density at radius 2 is 2.14 bits per heavy atom. The van der Waals surface area contributed by atoms with Gasteiger partial charge in [-0.05, 0) is 30.5 Å². The summed E-state index contributed by atoms with van der Waals surface area (Å²) in [5, 5.41) is 12.6. The minimum Gasteiger partial charge on any atom is -0.435 e. The van der Waals surface area contributed by atoms with Gasteiger partial charge in [-0.1, -0.05) is 6.07 Å². The van der Waals surface area contributed by atoms with Gasteiger partial charge < -0.3 is 19.8 Å². The Morgan fingerprint density at radius 1 is 1.29 bits per heavy atom. The number of H-pyrrole nitrogens is 1. The number of carbonyl (C=O) groups is 1. The minimum absolute atomic E-state index is 0.242. The summed E-state index contributed by atoms with van der Waals surface area (Å²) in [7, 11) is 0. The largest absolute Gasteiger partial charge is 0.435 e. The molecule has 0 spiro atoms. The van der Waals surface area contributed by atoms with Crippen LogP contribution in [0.5, 0.6) is 0 Å². The predicted molar refractivity (Wildman–Crippen MR) is 103 cm³/mol. The molecule has 1 saturated carbocycles. The van der Waals surface area contributed by atoms with Crippen LogP contribution in [0.1, 0.15) is 18.4 Å². The third-order valence-electron chi connectivity index (χ3n) is 4.98. The molecular formula is C19H22N6O3. The Bertz CT molecular complexity index is 987. The first kappa shape index (κ1) is 17.2. The number of nitrogens with zero attached hydrogens (tertiary/aromatic N) is 3. The molecule has 1 saturated heterocycles. The number of hydrogen-bond donors (Lipinski definition) is 3. The van der Waals surface area contributed by atoms with Crippen LogP contribution in [-0.4, -0.2) is 58.5 Å². The molecule has 2 fully saturated rings. The molecule has 9 nitrogen and oxygen atoms in total. The maximum atomic E-state index is 12.0. The molecule has 2 amide bonds. The Labute approximate surface area is 161 Å². The maximum absolute atomic E-state index is 12.0. The Balaban J connectivity index is 1.35. The molecule has 0 atom stereocenters. The van der Waals surface area contributed by atoms with Gasteiger partial charge in [0.25, 0.3) is 0 Å². The summed E-state index contributed by atoms with van der Waals surface area (Å²) < 4.78 is 11.3. The van der Waals surface area contributed by atoms with Crippen LogP contribution in [0.2, 0.25) is 0 Å². The maximum Gasteiger partial charge on any atom is 0.319 e. The van der Waals surface area contributed by atoms with Crippen LogP contribution in [0.4, 0.5) is 10.5 Å². The topological polar surface area (TPSA) is 108 Å². The average Bonchev–Trinajstić information content (AvgIpc) is 3.22. The number of nitrogens with one attached hydrogen (secondary N) is 3. The highest BCUT2D eigenvalue weighted by Crippen LogP contribution is 2.29. The van der Waals surface area contributed by atoms with E-state index in [9.17, 15) is 4.79 Å². The third-order valence-corrected chi connectivity index (χ3v) is 4.98. The number of oxazole rings is 1. The molecule has 2 aromatic heterocycles. The van der Waals surface area contributed by atoms with Crippen LogP contribution in [0.3, 0.4) is 0 Å². The number of morpholine rings is 1. The van der Waals surface area contributed by atoms with Gasteiger partial charge in [-0.3, -0.25) is 10.00 Å². The second-order valence-electron chi connectivity index (χ2n) is 7.24. The quantitative estimate of drug-likeness (QED) is 0.625. The lowest BCUT2D eigenvalue weighted by molar-refractivity contribution is 0.0342. The van der Waals surface area contributed by atoms with Crippen LogP contribution < -0.4 is 10.6 Å². The second kappa shape index (κ2) is 7.25. The van der Waals surface area contributed by atoms with E-state index in [1.807, 2.05) is 12.1 Å². The standard InChI is InChI=1S/C19H22N6O3/c26-19(21-13-2-3-13)23-15-10-20-24-17(15)18-22-14-9-12(1-4-16(14)28-18)11-25-5-7-27-8-6-25/h1,4,9-10,13H,2-3,5-8,11H2,(H,20,24)(H2,21,23,26). The van der Waals surface area contributed by atoms with Crippen molar-refractivity contribution in [3.05, 3.63) is 30.0 Å². The first-order chi connectivity index (χ1) is 13.7. The van der Waals surface area contributed by atoms with Crippen molar-refractivity contribution in [1.29, 1.82) is 0 Å². The van der Waals surface area contributed by atoms with Crippen molar-refractivity contribution < 1.29 is 13.9 Å². The fourth-order valence-corrected chi connectivity index (χ4v) is 3.31. The lowest BCUT2D eigenvalue weighted by atomic mass is 10.2. The SMILES string of the molecule is O=C(Nc1cn[nH]c1-c1nc2cc(CN3CCOCC3)ccc2o1)NC1CC1. The number of urea groups is 1. The zero-order chi connectivity index (χ0) is 18.9. The van der Waals surface area contributed by atoms with E-state index in [1.165, 1.54) is 5.56 Å². The normalized spacial score (nSPS) is 17.7. The van der Waals surface area contributed by atoms with Gasteiger partial charge in [0, 0.05) is 25.7 Å². The summed E-state index contributed by atoms with van der Waals surface area (Å²) >= 11 is 0. The number of amides is 2. The van der Waals surface area contributed by atoms with E-state index < -0.39 is 0 Å². The highest BCUT2D eigenvalue weighted by atomic mass is 16.5. The number of carbonyl (C=O) groups excluding carboxylic acids is 1. The molecule has 28 heavy (non-hydrogen) atoms. The summed E-state index contributed by atoms with van der Waals surface area (Å²) in [5.41, 5.74) is 3.75. The first-order valence-corrected chi connectivity index (χ1v) is 9.55. The zero-order valence-electron chi connectivity index (χ0n) is 15.4. The Kier molecular flexibility index (Phi) is 4.46. The van der Waals surface area contributed by atoms with Crippen LogP contribution >= 0.6 is 0 Å². The predicted octanol–water partition coefficient (Wildman–Crippen LogP) is 2.33. The number of rotatable bonds is 5. The van der Waals surface area contributed by atoms with Crippen molar-refractivity contribution in [2.45, 2.75) is 25.4 Å². The van der Waals surface area contributed by atoms with Crippen LogP contribution in [0.15, 0.2) is 28.8 Å². The van der Waals surface area contributed by atoms with Gasteiger partial charge in [-0.25, -0.2) is 9.78 Å². The lowest BCUT2D eigenvalue weighted by Gasteiger charge is -2.26. The van der Waals surface area contributed by atoms with Crippen molar-refractivity contribution in [3.8, 4) is 11.6 Å². The van der Waals surface area contributed by atoms with Gasteiger partial charge in [0.1, 0.15) is 11.2 Å². The molecule has 5 rings (SSSR count). The number of benzene rings is 1. The highest BCUT2D eigenvalue weighted by molar-refractivity contribution is 5.93. The van der Waals surface area contributed by atoms with E-state index in [2.05, 4.69) is 36.8 Å². The van der Waals surface area contributed by atoms with Crippen LogP contribution in [-0.2, 0) is 11.3 Å². The number of anilines is 1. The minimum atomic E-state index is -0.242. The molecule has 3 N–H and O–H groups in total. The molecule has 9 heteroatoms. The lowest BCUT2D eigenvalue weighted by Crippen LogP contribution is -2.35. The van der Waals surface area contributed by atoms with Crippen molar-refractivity contribution in [3.63, 3.8) is 0 Å². The van der Waals surface area contributed by atoms with Crippen molar-refractivity contribution in [2.24, 2.45) is 0 Å². The molecule has 1 aliphatic carbocycles. The van der Waals surface area contributed by atoms with Crippen molar-refractivity contribution in [1.82, 2.24) is 25.4 Å². The molecular weight excluding hydrogens is 360 g/mol. The highest BCUT2D eigenvalue weighted by Gasteiger charge is 2.24. The zero-order valence-corrected chi connectivity index (χ0v) is 15.4. The molecule has 2 aliphatic rings. The van der Waals surface area contributed by atoms with E-state index in [0.717, 1.165) is 51.2 Å². The van der Waals surface area contributed by atoms with Crippen LogP contribution in [0.25, 0.3) is 22.7 Å². The number of fused-ring (bicyclic) bond motifs is 1. The van der Waals surface area contributed by atoms with Gasteiger partial charge >= 0.3 is 6.03 Å². The number of hydrogen-bond acceptors (Lipinski definition) is 6. The van der Waals surface area contributed by atoms with Gasteiger partial charge in [0.2, 0.25) is 5.89 Å². The monoisotopic (exact) mass is 382 g/mol. The van der Waals surface area contributed by atoms with Gasteiger partial charge in [0.05, 0.1) is 25.1 Å². The van der Waals surface area contributed by atoms with E-state index in [0.29, 0.717) is 22.9 Å².